The molecule has 0 amide bonds. The van der Waals surface area contributed by atoms with Crippen molar-refractivity contribution < 1.29 is 0 Å². The topological polar surface area (TPSA) is 59.1 Å². The van der Waals surface area contributed by atoms with Gasteiger partial charge in [-0.2, -0.15) is 5.10 Å². The van der Waals surface area contributed by atoms with E-state index >= 15 is 0 Å². The van der Waals surface area contributed by atoms with Crippen LogP contribution >= 0.6 is 11.6 Å². The molecule has 6 heteroatoms. The summed E-state index contributed by atoms with van der Waals surface area (Å²) in [4.78, 5) is 2.56. The normalized spacial score (nSPS) is 30.8. The molecule has 3 N–H and O–H groups in total. The van der Waals surface area contributed by atoms with E-state index in [-0.39, 0.29) is 6.04 Å². The van der Waals surface area contributed by atoms with Crippen LogP contribution in [0, 0.1) is 12.8 Å². The van der Waals surface area contributed by atoms with Crippen LogP contribution in [0.25, 0.3) is 0 Å². The van der Waals surface area contributed by atoms with E-state index in [1.54, 1.807) is 0 Å². The standard InChI is InChI=1S/C15H26ClN5/c1-9-15(16)14(21(3)19-9)8-13(18-17)10-6-11-4-5-12(7-10)20(11)2/h10-13,18H,4-8,17H2,1-3H3. The summed E-state index contributed by atoms with van der Waals surface area (Å²) in [6.45, 7) is 1.95. The molecule has 118 valence electrons. The van der Waals surface area contributed by atoms with E-state index in [0.29, 0.717) is 5.92 Å². The van der Waals surface area contributed by atoms with Gasteiger partial charge in [0, 0.05) is 31.6 Å². The number of hydrogen-bond donors (Lipinski definition) is 2. The van der Waals surface area contributed by atoms with Crippen LogP contribution < -0.4 is 11.3 Å². The predicted octanol–water partition coefficient (Wildman–Crippen LogP) is 1.63. The molecule has 2 bridgehead atoms. The summed E-state index contributed by atoms with van der Waals surface area (Å²) in [6.07, 6.45) is 5.98. The van der Waals surface area contributed by atoms with Crippen LogP contribution in [-0.4, -0.2) is 39.9 Å². The van der Waals surface area contributed by atoms with Gasteiger partial charge in [-0.15, -0.1) is 0 Å². The lowest BCUT2D eigenvalue weighted by molar-refractivity contribution is 0.112. The van der Waals surface area contributed by atoms with E-state index in [1.807, 2.05) is 18.7 Å². The Bertz CT molecular complexity index is 500. The number of aryl methyl sites for hydroxylation is 2. The first-order chi connectivity index (χ1) is 10.0. The number of nitrogens with one attached hydrogen (secondary N) is 1. The lowest BCUT2D eigenvalue weighted by Crippen LogP contribution is -2.49. The van der Waals surface area contributed by atoms with Crippen molar-refractivity contribution >= 4 is 11.6 Å². The predicted molar refractivity (Wildman–Crippen MR) is 85.1 cm³/mol. The van der Waals surface area contributed by atoms with Gasteiger partial charge in [0.2, 0.25) is 0 Å². The van der Waals surface area contributed by atoms with E-state index in [0.717, 1.165) is 34.9 Å². The van der Waals surface area contributed by atoms with Gasteiger partial charge in [-0.3, -0.25) is 16.0 Å². The van der Waals surface area contributed by atoms with Gasteiger partial charge in [-0.25, -0.2) is 0 Å². The van der Waals surface area contributed by atoms with Gasteiger partial charge < -0.3 is 4.90 Å². The Kier molecular flexibility index (Phi) is 4.28. The molecule has 3 heterocycles. The van der Waals surface area contributed by atoms with E-state index in [4.69, 9.17) is 17.4 Å². The SMILES string of the molecule is Cc1nn(C)c(CC(NN)C2CC3CCC(C2)N3C)c1Cl. The molecule has 5 nitrogen and oxygen atoms in total. The number of nitrogens with two attached hydrogens (primary N) is 1. The number of piperidine rings is 1. The minimum Gasteiger partial charge on any atom is -0.300 e. The van der Waals surface area contributed by atoms with E-state index in [9.17, 15) is 0 Å². The summed E-state index contributed by atoms with van der Waals surface area (Å²) < 4.78 is 1.89. The molecule has 0 spiro atoms. The van der Waals surface area contributed by atoms with Gasteiger partial charge in [0.25, 0.3) is 0 Å². The highest BCUT2D eigenvalue weighted by Crippen LogP contribution is 2.39. The minimum atomic E-state index is 0.272. The molecule has 2 aliphatic heterocycles. The van der Waals surface area contributed by atoms with Gasteiger partial charge >= 0.3 is 0 Å². The monoisotopic (exact) mass is 311 g/mol. The van der Waals surface area contributed by atoms with Crippen molar-refractivity contribution in [3.8, 4) is 0 Å². The number of rotatable bonds is 4. The largest absolute Gasteiger partial charge is 0.300 e. The Labute approximate surface area is 131 Å². The van der Waals surface area contributed by atoms with Crippen molar-refractivity contribution in [1.29, 1.82) is 0 Å². The molecule has 21 heavy (non-hydrogen) atoms. The fraction of sp³-hybridized carbons (Fsp3) is 0.800. The van der Waals surface area contributed by atoms with Crippen LogP contribution in [0.1, 0.15) is 37.1 Å². The molecule has 1 aromatic heterocycles. The van der Waals surface area contributed by atoms with Crippen molar-refractivity contribution in [2.45, 2.75) is 57.2 Å². The third-order valence-electron chi connectivity index (χ3n) is 5.59. The molecule has 3 rings (SSSR count). The van der Waals surface area contributed by atoms with E-state index in [1.165, 1.54) is 25.7 Å². The maximum Gasteiger partial charge on any atom is 0.0847 e. The second-order valence-electron chi connectivity index (χ2n) is 6.73. The minimum absolute atomic E-state index is 0.272. The molecule has 0 radical (unpaired) electrons. The lowest BCUT2D eigenvalue weighted by atomic mass is 9.83. The number of fused-ring (bicyclic) bond motifs is 2. The fourth-order valence-corrected chi connectivity index (χ4v) is 4.49. The zero-order valence-electron chi connectivity index (χ0n) is 13.1. The number of aromatic nitrogens is 2. The quantitative estimate of drug-likeness (QED) is 0.655. The smallest absolute Gasteiger partial charge is 0.0847 e. The van der Waals surface area contributed by atoms with Crippen LogP contribution in [0.2, 0.25) is 5.02 Å². The molecule has 2 fully saturated rings. The highest BCUT2D eigenvalue weighted by molar-refractivity contribution is 6.31. The maximum absolute atomic E-state index is 6.39. The number of halogens is 1. The molecule has 3 unspecified atom stereocenters. The molecule has 2 saturated heterocycles. The number of hydrazine groups is 1. The molecule has 2 aliphatic rings. The van der Waals surface area contributed by atoms with Gasteiger partial charge in [-0.05, 0) is 45.6 Å². The number of nitrogens with zero attached hydrogens (tertiary/aromatic N) is 3. The highest BCUT2D eigenvalue weighted by Gasteiger charge is 2.41. The first-order valence-electron chi connectivity index (χ1n) is 7.87. The summed E-state index contributed by atoms with van der Waals surface area (Å²) >= 11 is 6.39. The maximum atomic E-state index is 6.39. The van der Waals surface area contributed by atoms with Crippen LogP contribution in [0.15, 0.2) is 0 Å². The first kappa shape index (κ1) is 15.3. The summed E-state index contributed by atoms with van der Waals surface area (Å²) in [7, 11) is 4.23. The molecule has 0 saturated carbocycles. The third-order valence-corrected chi connectivity index (χ3v) is 6.08. The van der Waals surface area contributed by atoms with Gasteiger partial charge in [0.1, 0.15) is 0 Å². The van der Waals surface area contributed by atoms with Gasteiger partial charge in [0.05, 0.1) is 16.4 Å². The van der Waals surface area contributed by atoms with Gasteiger partial charge in [-0.1, -0.05) is 11.6 Å². The Balaban J connectivity index is 1.74. The van der Waals surface area contributed by atoms with Crippen LogP contribution in [-0.2, 0) is 13.5 Å². The zero-order chi connectivity index (χ0) is 15.1. The summed E-state index contributed by atoms with van der Waals surface area (Å²) in [5.41, 5.74) is 5.03. The Hall–Kier alpha value is -0.620. The average Bonchev–Trinajstić information content (AvgIpc) is 2.82. The fourth-order valence-electron chi connectivity index (χ4n) is 4.25. The Morgan fingerprint density at radius 3 is 2.43 bits per heavy atom. The molecular weight excluding hydrogens is 286 g/mol. The van der Waals surface area contributed by atoms with Crippen molar-refractivity contribution in [3.05, 3.63) is 16.4 Å². The summed E-state index contributed by atoms with van der Waals surface area (Å²) in [5.74, 6) is 6.49. The second kappa shape index (κ2) is 5.88. The highest BCUT2D eigenvalue weighted by atomic mass is 35.5. The van der Waals surface area contributed by atoms with Gasteiger partial charge in [0.15, 0.2) is 0 Å². The molecular formula is C15H26ClN5. The second-order valence-corrected chi connectivity index (χ2v) is 7.11. The molecule has 0 aliphatic carbocycles. The van der Waals surface area contributed by atoms with Crippen molar-refractivity contribution in [2.75, 3.05) is 7.05 Å². The van der Waals surface area contributed by atoms with Crippen LogP contribution in [0.4, 0.5) is 0 Å². The van der Waals surface area contributed by atoms with Crippen LogP contribution in [0.3, 0.4) is 0 Å². The molecule has 0 aromatic carbocycles. The molecule has 3 atom stereocenters. The zero-order valence-corrected chi connectivity index (χ0v) is 13.9. The van der Waals surface area contributed by atoms with Crippen molar-refractivity contribution in [2.24, 2.45) is 18.8 Å². The van der Waals surface area contributed by atoms with E-state index in [2.05, 4.69) is 22.5 Å². The molecule has 1 aromatic rings. The van der Waals surface area contributed by atoms with E-state index < -0.39 is 0 Å². The Morgan fingerprint density at radius 2 is 1.95 bits per heavy atom. The Morgan fingerprint density at radius 1 is 1.33 bits per heavy atom. The summed E-state index contributed by atoms with van der Waals surface area (Å²) in [5, 5.41) is 5.19. The summed E-state index contributed by atoms with van der Waals surface area (Å²) in [6, 6.07) is 1.73. The third kappa shape index (κ3) is 2.72. The number of hydrogen-bond acceptors (Lipinski definition) is 4. The van der Waals surface area contributed by atoms with Crippen molar-refractivity contribution in [3.63, 3.8) is 0 Å². The lowest BCUT2D eigenvalue weighted by Gasteiger charge is -2.39. The first-order valence-corrected chi connectivity index (χ1v) is 8.25. The van der Waals surface area contributed by atoms with Crippen LogP contribution in [0.5, 0.6) is 0 Å². The van der Waals surface area contributed by atoms with Crippen molar-refractivity contribution in [1.82, 2.24) is 20.1 Å². The average molecular weight is 312 g/mol.